The number of hydrogen-bond donors (Lipinski definition) is 1. The second-order valence-corrected chi connectivity index (χ2v) is 8.49. The maximum atomic E-state index is 13.7. The average Bonchev–Trinajstić information content (AvgIpc) is 3.12. The molecule has 2 heterocycles. The standard InChI is InChI=1S/C17H26FN3O3S/c1-14-2-3-15(18)12-17(14)25(22,23)21(16-4-5-19-13-16)7-6-20-8-10-24-11-9-20/h2-3,12,16,19H,4-11,13H2,1H3. The first-order valence-electron chi connectivity index (χ1n) is 8.77. The highest BCUT2D eigenvalue weighted by atomic mass is 32.2. The third-order valence-corrected chi connectivity index (χ3v) is 7.01. The van der Waals surface area contributed by atoms with Crippen LogP contribution in [-0.4, -0.2) is 76.1 Å². The highest BCUT2D eigenvalue weighted by Crippen LogP contribution is 2.24. The molecule has 0 amide bonds. The molecule has 1 atom stereocenters. The minimum absolute atomic E-state index is 0.0707. The molecule has 0 aromatic heterocycles. The van der Waals surface area contributed by atoms with Gasteiger partial charge >= 0.3 is 0 Å². The zero-order valence-corrected chi connectivity index (χ0v) is 15.4. The summed E-state index contributed by atoms with van der Waals surface area (Å²) in [5.41, 5.74) is 0.573. The first-order chi connectivity index (χ1) is 12.0. The maximum Gasteiger partial charge on any atom is 0.243 e. The molecule has 140 valence electrons. The Labute approximate surface area is 149 Å². The number of aryl methyl sites for hydroxylation is 1. The van der Waals surface area contributed by atoms with Crippen LogP contribution >= 0.6 is 0 Å². The molecule has 1 N–H and O–H groups in total. The van der Waals surface area contributed by atoms with Crippen LogP contribution < -0.4 is 5.32 Å². The lowest BCUT2D eigenvalue weighted by atomic mass is 10.2. The van der Waals surface area contributed by atoms with Crippen LogP contribution in [0.2, 0.25) is 0 Å². The van der Waals surface area contributed by atoms with E-state index in [0.29, 0.717) is 38.4 Å². The van der Waals surface area contributed by atoms with E-state index in [9.17, 15) is 12.8 Å². The zero-order chi connectivity index (χ0) is 17.9. The monoisotopic (exact) mass is 371 g/mol. The largest absolute Gasteiger partial charge is 0.379 e. The number of ether oxygens (including phenoxy) is 1. The van der Waals surface area contributed by atoms with Crippen molar-refractivity contribution in [3.8, 4) is 0 Å². The van der Waals surface area contributed by atoms with Gasteiger partial charge in [0.2, 0.25) is 10.0 Å². The topological polar surface area (TPSA) is 61.9 Å². The molecule has 6 nitrogen and oxygen atoms in total. The van der Waals surface area contributed by atoms with E-state index in [2.05, 4.69) is 10.2 Å². The number of sulfonamides is 1. The summed E-state index contributed by atoms with van der Waals surface area (Å²) < 4.78 is 47.1. The Morgan fingerprint density at radius 1 is 1.36 bits per heavy atom. The molecule has 2 aliphatic heterocycles. The molecule has 1 aromatic carbocycles. The van der Waals surface area contributed by atoms with Crippen LogP contribution in [0.25, 0.3) is 0 Å². The highest BCUT2D eigenvalue weighted by molar-refractivity contribution is 7.89. The van der Waals surface area contributed by atoms with Crippen LogP contribution in [0.3, 0.4) is 0 Å². The van der Waals surface area contributed by atoms with Crippen molar-refractivity contribution in [3.05, 3.63) is 29.6 Å². The number of halogens is 1. The Bertz CT molecular complexity index is 686. The summed E-state index contributed by atoms with van der Waals surface area (Å²) in [7, 11) is -3.74. The zero-order valence-electron chi connectivity index (χ0n) is 14.6. The van der Waals surface area contributed by atoms with E-state index in [1.54, 1.807) is 11.2 Å². The van der Waals surface area contributed by atoms with Crippen molar-refractivity contribution in [1.82, 2.24) is 14.5 Å². The number of nitrogens with zero attached hydrogens (tertiary/aromatic N) is 2. The molecule has 2 saturated heterocycles. The number of hydrogen-bond acceptors (Lipinski definition) is 5. The van der Waals surface area contributed by atoms with Crippen molar-refractivity contribution in [2.24, 2.45) is 0 Å². The third-order valence-electron chi connectivity index (χ3n) is 4.92. The Hall–Kier alpha value is -1.06. The van der Waals surface area contributed by atoms with Crippen molar-refractivity contribution in [2.45, 2.75) is 24.3 Å². The molecule has 0 aliphatic carbocycles. The molecule has 2 fully saturated rings. The Morgan fingerprint density at radius 2 is 2.12 bits per heavy atom. The van der Waals surface area contributed by atoms with Gasteiger partial charge in [0.05, 0.1) is 18.1 Å². The van der Waals surface area contributed by atoms with E-state index in [0.717, 1.165) is 32.1 Å². The summed E-state index contributed by atoms with van der Waals surface area (Å²) in [6.07, 6.45) is 0.775. The summed E-state index contributed by atoms with van der Waals surface area (Å²) in [4.78, 5) is 2.29. The fourth-order valence-corrected chi connectivity index (χ4v) is 5.31. The Morgan fingerprint density at radius 3 is 2.80 bits per heavy atom. The first kappa shape index (κ1) is 18.7. The van der Waals surface area contributed by atoms with E-state index in [4.69, 9.17) is 4.74 Å². The fraction of sp³-hybridized carbons (Fsp3) is 0.647. The third kappa shape index (κ3) is 4.38. The van der Waals surface area contributed by atoms with Crippen LogP contribution in [0, 0.1) is 12.7 Å². The van der Waals surface area contributed by atoms with Gasteiger partial charge in [-0.2, -0.15) is 4.31 Å². The fourth-order valence-electron chi connectivity index (χ4n) is 3.43. The number of nitrogens with one attached hydrogen (secondary N) is 1. The predicted molar refractivity (Wildman–Crippen MR) is 93.6 cm³/mol. The summed E-state index contributed by atoms with van der Waals surface area (Å²) in [6.45, 7) is 7.21. The van der Waals surface area contributed by atoms with Crippen LogP contribution in [0.1, 0.15) is 12.0 Å². The minimum Gasteiger partial charge on any atom is -0.379 e. The number of benzene rings is 1. The van der Waals surface area contributed by atoms with Gasteiger partial charge in [-0.05, 0) is 37.6 Å². The molecule has 1 aromatic rings. The van der Waals surface area contributed by atoms with Gasteiger partial charge in [-0.3, -0.25) is 4.90 Å². The van der Waals surface area contributed by atoms with Crippen molar-refractivity contribution in [2.75, 3.05) is 52.5 Å². The van der Waals surface area contributed by atoms with Gasteiger partial charge in [-0.1, -0.05) is 6.07 Å². The van der Waals surface area contributed by atoms with E-state index in [1.807, 2.05) is 0 Å². The smallest absolute Gasteiger partial charge is 0.243 e. The van der Waals surface area contributed by atoms with Gasteiger partial charge in [0.15, 0.2) is 0 Å². The number of morpholine rings is 1. The average molecular weight is 371 g/mol. The van der Waals surface area contributed by atoms with Gasteiger partial charge in [0.1, 0.15) is 5.82 Å². The van der Waals surface area contributed by atoms with Crippen molar-refractivity contribution >= 4 is 10.0 Å². The molecule has 25 heavy (non-hydrogen) atoms. The van der Waals surface area contributed by atoms with Gasteiger partial charge in [-0.25, -0.2) is 12.8 Å². The molecular formula is C17H26FN3O3S. The molecule has 3 rings (SSSR count). The van der Waals surface area contributed by atoms with Gasteiger partial charge < -0.3 is 10.1 Å². The molecule has 0 bridgehead atoms. The van der Waals surface area contributed by atoms with Crippen LogP contribution in [0.4, 0.5) is 4.39 Å². The Balaban J connectivity index is 1.83. The van der Waals surface area contributed by atoms with Crippen LogP contribution in [-0.2, 0) is 14.8 Å². The normalized spacial score (nSPS) is 22.6. The first-order valence-corrected chi connectivity index (χ1v) is 10.2. The molecule has 8 heteroatoms. The van der Waals surface area contributed by atoms with Crippen molar-refractivity contribution < 1.29 is 17.5 Å². The van der Waals surface area contributed by atoms with Gasteiger partial charge in [0.25, 0.3) is 0 Å². The molecule has 0 spiro atoms. The van der Waals surface area contributed by atoms with Crippen molar-refractivity contribution in [3.63, 3.8) is 0 Å². The van der Waals surface area contributed by atoms with Crippen molar-refractivity contribution in [1.29, 1.82) is 0 Å². The molecule has 1 unspecified atom stereocenters. The number of rotatable bonds is 6. The minimum atomic E-state index is -3.74. The molecule has 2 aliphatic rings. The second-order valence-electron chi connectivity index (χ2n) is 6.63. The molecular weight excluding hydrogens is 345 g/mol. The Kier molecular flexibility index (Phi) is 6.06. The summed E-state index contributed by atoms with van der Waals surface area (Å²) in [5, 5.41) is 3.23. The maximum absolute atomic E-state index is 13.7. The summed E-state index contributed by atoms with van der Waals surface area (Å²) >= 11 is 0. The highest BCUT2D eigenvalue weighted by Gasteiger charge is 2.34. The lowest BCUT2D eigenvalue weighted by molar-refractivity contribution is 0.0355. The van der Waals surface area contributed by atoms with E-state index >= 15 is 0 Å². The van der Waals surface area contributed by atoms with Gasteiger partial charge in [0, 0.05) is 38.8 Å². The summed E-state index contributed by atoms with van der Waals surface area (Å²) in [5.74, 6) is -0.526. The molecule has 0 radical (unpaired) electrons. The van der Waals surface area contributed by atoms with Crippen LogP contribution in [0.15, 0.2) is 23.1 Å². The molecule has 0 saturated carbocycles. The summed E-state index contributed by atoms with van der Waals surface area (Å²) in [6, 6.07) is 3.86. The predicted octanol–water partition coefficient (Wildman–Crippen LogP) is 0.819. The second kappa shape index (κ2) is 8.09. The van der Waals surface area contributed by atoms with Crippen LogP contribution in [0.5, 0.6) is 0 Å². The van der Waals surface area contributed by atoms with E-state index in [-0.39, 0.29) is 10.9 Å². The SMILES string of the molecule is Cc1ccc(F)cc1S(=O)(=O)N(CCN1CCOCC1)C1CCNC1. The van der Waals surface area contributed by atoms with E-state index < -0.39 is 15.8 Å². The van der Waals surface area contributed by atoms with Gasteiger partial charge in [-0.15, -0.1) is 0 Å². The lowest BCUT2D eigenvalue weighted by Gasteiger charge is -2.32. The lowest BCUT2D eigenvalue weighted by Crippen LogP contribution is -2.47. The van der Waals surface area contributed by atoms with E-state index in [1.165, 1.54) is 12.1 Å². The quantitative estimate of drug-likeness (QED) is 0.802.